The van der Waals surface area contributed by atoms with Crippen LogP contribution in [0.5, 0.6) is 0 Å². The SMILES string of the molecule is Cc1ccc(Cl)cc1CN1CCNc2ncc(-c3ccc(C(=O)N4CCN(CCc5ccccn5)CC4)cc3)cc21. The van der Waals surface area contributed by atoms with Crippen molar-refractivity contribution in [3.63, 3.8) is 0 Å². The predicted octanol–water partition coefficient (Wildman–Crippen LogP) is 5.54. The van der Waals surface area contributed by atoms with Crippen molar-refractivity contribution in [3.8, 4) is 11.1 Å². The number of halogens is 1. The predicted molar refractivity (Wildman–Crippen MR) is 166 cm³/mol. The van der Waals surface area contributed by atoms with E-state index in [9.17, 15) is 4.79 Å². The van der Waals surface area contributed by atoms with Crippen molar-refractivity contribution < 1.29 is 4.79 Å². The van der Waals surface area contributed by atoms with E-state index in [0.29, 0.717) is 0 Å². The number of hydrogen-bond acceptors (Lipinski definition) is 6. The van der Waals surface area contributed by atoms with Gasteiger partial charge in [-0.05, 0) is 66.1 Å². The fourth-order valence-electron chi connectivity index (χ4n) is 5.58. The number of fused-ring (bicyclic) bond motifs is 1. The summed E-state index contributed by atoms with van der Waals surface area (Å²) in [4.78, 5) is 29.1. The van der Waals surface area contributed by atoms with Crippen LogP contribution in [0.1, 0.15) is 27.2 Å². The lowest BCUT2D eigenvalue weighted by atomic mass is 10.0. The molecule has 41 heavy (non-hydrogen) atoms. The summed E-state index contributed by atoms with van der Waals surface area (Å²) >= 11 is 6.29. The molecule has 0 saturated carbocycles. The van der Waals surface area contributed by atoms with Crippen LogP contribution in [0.25, 0.3) is 11.1 Å². The zero-order chi connectivity index (χ0) is 28.2. The minimum Gasteiger partial charge on any atom is -0.367 e. The molecule has 1 saturated heterocycles. The van der Waals surface area contributed by atoms with E-state index in [1.807, 2.05) is 65.8 Å². The van der Waals surface area contributed by atoms with Gasteiger partial charge in [0.05, 0.1) is 5.69 Å². The van der Waals surface area contributed by atoms with Crippen molar-refractivity contribution >= 4 is 29.0 Å². The second-order valence-corrected chi connectivity index (χ2v) is 11.2. The number of pyridine rings is 2. The molecule has 1 amide bonds. The smallest absolute Gasteiger partial charge is 0.253 e. The highest BCUT2D eigenvalue weighted by Crippen LogP contribution is 2.33. The summed E-state index contributed by atoms with van der Waals surface area (Å²) in [6.45, 7) is 8.84. The van der Waals surface area contributed by atoms with E-state index < -0.39 is 0 Å². The third-order valence-corrected chi connectivity index (χ3v) is 8.32. The molecule has 8 heteroatoms. The molecular formula is C33H35ClN6O. The van der Waals surface area contributed by atoms with Gasteiger partial charge in [-0.15, -0.1) is 0 Å². The molecule has 0 aliphatic carbocycles. The van der Waals surface area contributed by atoms with E-state index in [2.05, 4.69) is 45.2 Å². The van der Waals surface area contributed by atoms with E-state index in [-0.39, 0.29) is 5.91 Å². The molecule has 4 heterocycles. The van der Waals surface area contributed by atoms with Gasteiger partial charge >= 0.3 is 0 Å². The number of nitrogens with zero attached hydrogens (tertiary/aromatic N) is 5. The first-order valence-electron chi connectivity index (χ1n) is 14.3. The first-order chi connectivity index (χ1) is 20.0. The molecule has 2 aliphatic heterocycles. The molecule has 6 rings (SSSR count). The van der Waals surface area contributed by atoms with Gasteiger partial charge in [-0.1, -0.05) is 35.9 Å². The van der Waals surface area contributed by atoms with Gasteiger partial charge in [-0.3, -0.25) is 14.7 Å². The van der Waals surface area contributed by atoms with Crippen LogP contribution in [0.4, 0.5) is 11.5 Å². The number of aryl methyl sites for hydroxylation is 1. The van der Waals surface area contributed by atoms with E-state index in [1.165, 1.54) is 11.1 Å². The van der Waals surface area contributed by atoms with E-state index in [0.717, 1.165) is 97.7 Å². The molecule has 0 atom stereocenters. The molecule has 1 fully saturated rings. The van der Waals surface area contributed by atoms with Crippen LogP contribution in [0.2, 0.25) is 5.02 Å². The number of carbonyl (C=O) groups excluding carboxylic acids is 1. The monoisotopic (exact) mass is 566 g/mol. The Morgan fingerprint density at radius 3 is 2.54 bits per heavy atom. The second kappa shape index (κ2) is 12.3. The average molecular weight is 567 g/mol. The normalized spacial score (nSPS) is 15.4. The van der Waals surface area contributed by atoms with Crippen molar-refractivity contribution in [1.82, 2.24) is 19.8 Å². The average Bonchev–Trinajstić information content (AvgIpc) is 3.02. The molecule has 7 nitrogen and oxygen atoms in total. The summed E-state index contributed by atoms with van der Waals surface area (Å²) in [5.74, 6) is 0.988. The van der Waals surface area contributed by atoms with Crippen molar-refractivity contribution in [3.05, 3.63) is 107 Å². The largest absolute Gasteiger partial charge is 0.367 e. The summed E-state index contributed by atoms with van der Waals surface area (Å²) in [6.07, 6.45) is 4.68. The van der Waals surface area contributed by atoms with Crippen LogP contribution in [0.3, 0.4) is 0 Å². The number of anilines is 2. The molecule has 2 aromatic carbocycles. The van der Waals surface area contributed by atoms with Gasteiger partial charge in [0.15, 0.2) is 0 Å². The standard InChI is InChI=1S/C33H35ClN6O/c1-24-5-10-29(34)20-28(24)23-40-15-13-36-32-31(40)21-27(22-37-32)25-6-8-26(9-7-25)33(41)39-18-16-38(17-19-39)14-11-30-4-2-3-12-35-30/h2-10,12,20-22H,11,13-19,23H2,1H3,(H,36,37). The Hall–Kier alpha value is -3.94. The lowest BCUT2D eigenvalue weighted by Gasteiger charge is -2.34. The van der Waals surface area contributed by atoms with Gasteiger partial charge in [0.2, 0.25) is 0 Å². The molecule has 2 aromatic heterocycles. The van der Waals surface area contributed by atoms with Crippen molar-refractivity contribution in [2.45, 2.75) is 19.9 Å². The molecule has 2 aliphatic rings. The Kier molecular flexibility index (Phi) is 8.16. The van der Waals surface area contributed by atoms with Crippen molar-refractivity contribution in [1.29, 1.82) is 0 Å². The number of carbonyl (C=O) groups is 1. The maximum Gasteiger partial charge on any atom is 0.253 e. The van der Waals surface area contributed by atoms with E-state index in [4.69, 9.17) is 16.6 Å². The van der Waals surface area contributed by atoms with Crippen LogP contribution in [0.15, 0.2) is 79.1 Å². The number of rotatable bonds is 7. The Balaban J connectivity index is 1.10. The summed E-state index contributed by atoms with van der Waals surface area (Å²) in [6, 6.07) is 22.2. The highest BCUT2D eigenvalue weighted by Gasteiger charge is 2.23. The van der Waals surface area contributed by atoms with Crippen LogP contribution in [-0.2, 0) is 13.0 Å². The Morgan fingerprint density at radius 1 is 0.927 bits per heavy atom. The lowest BCUT2D eigenvalue weighted by molar-refractivity contribution is 0.0638. The van der Waals surface area contributed by atoms with Crippen LogP contribution >= 0.6 is 11.6 Å². The van der Waals surface area contributed by atoms with Gasteiger partial charge in [-0.2, -0.15) is 0 Å². The number of piperazine rings is 1. The Bertz CT molecular complexity index is 1500. The molecule has 0 bridgehead atoms. The number of aromatic nitrogens is 2. The number of amides is 1. The van der Waals surface area contributed by atoms with E-state index in [1.54, 1.807) is 0 Å². The topological polar surface area (TPSA) is 64.6 Å². The summed E-state index contributed by atoms with van der Waals surface area (Å²) in [5, 5.41) is 4.18. The summed E-state index contributed by atoms with van der Waals surface area (Å²) in [7, 11) is 0. The molecular weight excluding hydrogens is 532 g/mol. The van der Waals surface area contributed by atoms with Crippen LogP contribution < -0.4 is 10.2 Å². The third kappa shape index (κ3) is 6.37. The van der Waals surface area contributed by atoms with Gasteiger partial charge in [0.1, 0.15) is 5.82 Å². The highest BCUT2D eigenvalue weighted by atomic mass is 35.5. The summed E-state index contributed by atoms with van der Waals surface area (Å²) < 4.78 is 0. The van der Waals surface area contributed by atoms with Crippen LogP contribution in [-0.4, -0.2) is 71.5 Å². The quantitative estimate of drug-likeness (QED) is 0.317. The third-order valence-electron chi connectivity index (χ3n) is 8.09. The van der Waals surface area contributed by atoms with Crippen LogP contribution in [0, 0.1) is 6.92 Å². The molecule has 1 N–H and O–H groups in total. The first-order valence-corrected chi connectivity index (χ1v) is 14.7. The van der Waals surface area contributed by atoms with E-state index >= 15 is 0 Å². The lowest BCUT2D eigenvalue weighted by Crippen LogP contribution is -2.49. The maximum absolute atomic E-state index is 13.3. The van der Waals surface area contributed by atoms with Crippen molar-refractivity contribution in [2.75, 3.05) is 56.0 Å². The first kappa shape index (κ1) is 27.2. The van der Waals surface area contributed by atoms with Gasteiger partial charge in [0, 0.05) is 93.0 Å². The zero-order valence-electron chi connectivity index (χ0n) is 23.4. The molecule has 0 radical (unpaired) electrons. The molecule has 210 valence electrons. The minimum atomic E-state index is 0.0942. The fourth-order valence-corrected chi connectivity index (χ4v) is 5.77. The van der Waals surface area contributed by atoms with Gasteiger partial charge in [-0.25, -0.2) is 4.98 Å². The highest BCUT2D eigenvalue weighted by molar-refractivity contribution is 6.30. The molecule has 0 spiro atoms. The Morgan fingerprint density at radius 2 is 1.76 bits per heavy atom. The zero-order valence-corrected chi connectivity index (χ0v) is 24.1. The molecule has 0 unspecified atom stereocenters. The summed E-state index contributed by atoms with van der Waals surface area (Å²) in [5.41, 5.74) is 7.43. The van der Waals surface area contributed by atoms with Gasteiger partial charge < -0.3 is 15.1 Å². The number of benzene rings is 2. The second-order valence-electron chi connectivity index (χ2n) is 10.8. The molecule has 4 aromatic rings. The Labute approximate surface area is 246 Å². The van der Waals surface area contributed by atoms with Crippen molar-refractivity contribution in [2.24, 2.45) is 0 Å². The number of hydrogen-bond donors (Lipinski definition) is 1. The maximum atomic E-state index is 13.3. The fraction of sp³-hybridized carbons (Fsp3) is 0.303. The number of nitrogens with one attached hydrogen (secondary N) is 1. The minimum absolute atomic E-state index is 0.0942. The van der Waals surface area contributed by atoms with Gasteiger partial charge in [0.25, 0.3) is 5.91 Å².